The molecule has 0 unspecified atom stereocenters. The van der Waals surface area contributed by atoms with E-state index in [0.717, 1.165) is 0 Å². The average molecular weight is 310 g/mol. The van der Waals surface area contributed by atoms with Crippen LogP contribution in [-0.4, -0.2) is 92.1 Å². The van der Waals surface area contributed by atoms with E-state index in [4.69, 9.17) is 19.2 Å². The molecule has 4 radical (unpaired) electrons. The van der Waals surface area contributed by atoms with Crippen molar-refractivity contribution in [1.29, 1.82) is 0 Å². The van der Waals surface area contributed by atoms with E-state index in [0.29, 0.717) is 0 Å². The van der Waals surface area contributed by atoms with Crippen LogP contribution in [0.1, 0.15) is 0 Å². The van der Waals surface area contributed by atoms with Gasteiger partial charge in [-0.05, 0) is 0 Å². The fourth-order valence-electron chi connectivity index (χ4n) is 0.149. The fourth-order valence-corrected chi connectivity index (χ4v) is 1.34. The van der Waals surface area contributed by atoms with Gasteiger partial charge >= 0.3 is 36.7 Å². The Bertz CT molecular complexity index is 201. The first-order valence-corrected chi connectivity index (χ1v) is 7.58. The smallest absolute Gasteiger partial charge is 0.512 e. The van der Waals surface area contributed by atoms with Gasteiger partial charge in [-0.15, -0.1) is 0 Å². The maximum Gasteiger partial charge on any atom is 0.759 e. The van der Waals surface area contributed by atoms with Crippen molar-refractivity contribution in [2.75, 3.05) is 0 Å². The Morgan fingerprint density at radius 1 is 0.625 bits per heavy atom. The summed E-state index contributed by atoms with van der Waals surface area (Å²) < 4.78 is 44.7. The molecule has 0 bridgehead atoms. The molecule has 0 heterocycles. The molecule has 84 valence electrons. The first-order chi connectivity index (χ1) is 6.25. The molecule has 0 rings (SSSR count). The van der Waals surface area contributed by atoms with Crippen LogP contribution in [0.3, 0.4) is 0 Å². The SMILES string of the molecule is O=[Si](O)O[Si](=O)O.O=[Si](O)O[Si](=O)O.[Al].[Li]. The van der Waals surface area contributed by atoms with Gasteiger partial charge in [0.05, 0.1) is 0 Å². The van der Waals surface area contributed by atoms with Crippen LogP contribution in [0, 0.1) is 0 Å². The molecule has 0 aromatic heterocycles. The van der Waals surface area contributed by atoms with Crippen molar-refractivity contribution in [2.24, 2.45) is 0 Å². The molecule has 0 aliphatic rings. The predicted molar refractivity (Wildman–Crippen MR) is 48.3 cm³/mol. The molecule has 0 atom stereocenters. The summed E-state index contributed by atoms with van der Waals surface area (Å²) in [5, 5.41) is 0. The van der Waals surface area contributed by atoms with Crippen molar-refractivity contribution in [3.8, 4) is 0 Å². The first kappa shape index (κ1) is 25.0. The molecular formula is H4AlLiO10Si4. The third-order valence-electron chi connectivity index (χ3n) is 0.349. The Morgan fingerprint density at radius 3 is 0.750 bits per heavy atom. The van der Waals surface area contributed by atoms with E-state index in [2.05, 4.69) is 8.23 Å². The summed E-state index contributed by atoms with van der Waals surface area (Å²) in [5.41, 5.74) is 0. The zero-order valence-electron chi connectivity index (χ0n) is 7.82. The Hall–Kier alpha value is -0.00260. The summed E-state index contributed by atoms with van der Waals surface area (Å²) in [6.07, 6.45) is 0. The number of hydrogen-bond acceptors (Lipinski definition) is 6. The molecule has 0 aliphatic heterocycles. The molecule has 16 heavy (non-hydrogen) atoms. The quantitative estimate of drug-likeness (QED) is 0.368. The van der Waals surface area contributed by atoms with E-state index in [9.17, 15) is 17.8 Å². The van der Waals surface area contributed by atoms with Crippen LogP contribution in [0.15, 0.2) is 0 Å². The van der Waals surface area contributed by atoms with Crippen molar-refractivity contribution in [2.45, 2.75) is 0 Å². The Balaban J connectivity index is -0.0000000800. The molecule has 0 aliphatic carbocycles. The minimum atomic E-state index is -3.20. The van der Waals surface area contributed by atoms with E-state index < -0.39 is 36.7 Å². The molecule has 16 heteroatoms. The standard InChI is InChI=1S/Al.Li.2H2O5Si2/c;;2*1-6(2)5-7(3)4/h;;2*1,3H. The molecule has 4 N–H and O–H groups in total. The van der Waals surface area contributed by atoms with Gasteiger partial charge < -0.3 is 27.4 Å². The van der Waals surface area contributed by atoms with Gasteiger partial charge in [0.2, 0.25) is 0 Å². The molecule has 0 spiro atoms. The number of hydrogen-bond donors (Lipinski definition) is 4. The topological polar surface area (TPSA) is 168 Å². The Morgan fingerprint density at radius 2 is 0.750 bits per heavy atom. The third kappa shape index (κ3) is 37.0. The Kier molecular flexibility index (Phi) is 23.4. The maximum absolute atomic E-state index is 9.44. The molecular weight excluding hydrogens is 306 g/mol. The van der Waals surface area contributed by atoms with Gasteiger partial charge in [-0.2, -0.15) is 0 Å². The summed E-state index contributed by atoms with van der Waals surface area (Å²) in [6, 6.07) is 0. The van der Waals surface area contributed by atoms with E-state index in [1.165, 1.54) is 0 Å². The first-order valence-electron chi connectivity index (χ1n) is 2.53. The molecule has 0 aromatic rings. The third-order valence-corrected chi connectivity index (χ3v) is 3.14. The zero-order chi connectivity index (χ0) is 11.7. The van der Waals surface area contributed by atoms with Crippen molar-refractivity contribution in [1.82, 2.24) is 0 Å². The summed E-state index contributed by atoms with van der Waals surface area (Å²) in [5.74, 6) is 0. The van der Waals surface area contributed by atoms with Gasteiger partial charge in [0, 0.05) is 36.2 Å². The second-order valence-electron chi connectivity index (χ2n) is 1.27. The second-order valence-corrected chi connectivity index (χ2v) is 5.03. The van der Waals surface area contributed by atoms with Gasteiger partial charge in [0.1, 0.15) is 0 Å². The molecule has 0 saturated heterocycles. The average Bonchev–Trinajstić information content (AvgIpc) is 1.79. The van der Waals surface area contributed by atoms with E-state index in [1.54, 1.807) is 0 Å². The fraction of sp³-hybridized carbons (Fsp3) is 0. The van der Waals surface area contributed by atoms with Crippen molar-refractivity contribution in [3.05, 3.63) is 0 Å². The van der Waals surface area contributed by atoms with Gasteiger partial charge in [0.25, 0.3) is 0 Å². The van der Waals surface area contributed by atoms with E-state index in [1.807, 2.05) is 0 Å². The van der Waals surface area contributed by atoms with Gasteiger partial charge in [-0.25, -0.2) is 0 Å². The maximum atomic E-state index is 9.44. The minimum Gasteiger partial charge on any atom is -0.512 e. The van der Waals surface area contributed by atoms with Crippen LogP contribution < -0.4 is 0 Å². The van der Waals surface area contributed by atoms with Crippen molar-refractivity contribution < 1.29 is 45.3 Å². The molecule has 10 nitrogen and oxygen atoms in total. The van der Waals surface area contributed by atoms with Crippen LogP contribution in [-0.2, 0) is 26.1 Å². The minimum absolute atomic E-state index is 0. The summed E-state index contributed by atoms with van der Waals surface area (Å²) in [6.45, 7) is 0. The molecule has 0 saturated carbocycles. The second kappa shape index (κ2) is 15.0. The zero-order valence-corrected chi connectivity index (χ0v) is 13.0. The molecule has 0 aromatic carbocycles. The molecule has 0 amide bonds. The van der Waals surface area contributed by atoms with Crippen LogP contribution >= 0.6 is 0 Å². The monoisotopic (exact) mass is 310 g/mol. The number of rotatable bonds is 4. The van der Waals surface area contributed by atoms with Gasteiger partial charge in [-0.1, -0.05) is 0 Å². The predicted octanol–water partition coefficient (Wildman–Crippen LogP) is -5.12. The van der Waals surface area contributed by atoms with Gasteiger partial charge in [-0.3, -0.25) is 17.8 Å². The molecule has 0 fully saturated rings. The van der Waals surface area contributed by atoms with Crippen LogP contribution in [0.25, 0.3) is 0 Å². The van der Waals surface area contributed by atoms with E-state index in [-0.39, 0.29) is 36.2 Å². The van der Waals surface area contributed by atoms with Crippen molar-refractivity contribution >= 4 is 72.9 Å². The largest absolute Gasteiger partial charge is 0.759 e. The van der Waals surface area contributed by atoms with Crippen LogP contribution in [0.5, 0.6) is 0 Å². The summed E-state index contributed by atoms with van der Waals surface area (Å²) >= 11 is 0. The van der Waals surface area contributed by atoms with Crippen LogP contribution in [0.2, 0.25) is 0 Å². The van der Waals surface area contributed by atoms with E-state index >= 15 is 0 Å². The Labute approximate surface area is 118 Å². The van der Waals surface area contributed by atoms with Gasteiger partial charge in [0.15, 0.2) is 0 Å². The summed E-state index contributed by atoms with van der Waals surface area (Å²) in [7, 11) is -12.8. The van der Waals surface area contributed by atoms with Crippen LogP contribution in [0.4, 0.5) is 0 Å². The summed E-state index contributed by atoms with van der Waals surface area (Å²) in [4.78, 5) is 30.8. The van der Waals surface area contributed by atoms with Crippen molar-refractivity contribution in [3.63, 3.8) is 0 Å². The normalized spacial score (nSPS) is 6.50.